The van der Waals surface area contributed by atoms with Gasteiger partial charge in [0.15, 0.2) is 0 Å². The number of hydrogen-bond acceptors (Lipinski definition) is 2. The third-order valence-corrected chi connectivity index (χ3v) is 2.78. The number of benzene rings is 1. The van der Waals surface area contributed by atoms with Gasteiger partial charge in [0.25, 0.3) is 0 Å². The molecule has 1 unspecified atom stereocenters. The minimum Gasteiger partial charge on any atom is -0.352 e. The van der Waals surface area contributed by atoms with Crippen LogP contribution in [0.3, 0.4) is 0 Å². The van der Waals surface area contributed by atoms with Gasteiger partial charge in [0.05, 0.1) is 0 Å². The van der Waals surface area contributed by atoms with E-state index < -0.39 is 0 Å². The Bertz CT molecular complexity index is 378. The average Bonchev–Trinajstić information content (AvgIpc) is 2.28. The zero-order chi connectivity index (χ0) is 12.8. The number of rotatable bonds is 5. The van der Waals surface area contributed by atoms with Crippen molar-refractivity contribution < 1.29 is 9.18 Å². The van der Waals surface area contributed by atoms with Gasteiger partial charge in [0.1, 0.15) is 5.82 Å². The Hall–Kier alpha value is -1.13. The van der Waals surface area contributed by atoms with E-state index in [0.717, 1.165) is 0 Å². The summed E-state index contributed by atoms with van der Waals surface area (Å²) in [5, 5.41) is 3.06. The summed E-state index contributed by atoms with van der Waals surface area (Å²) < 4.78 is 13.4. The second-order valence-corrected chi connectivity index (χ2v) is 4.31. The lowest BCUT2D eigenvalue weighted by molar-refractivity contribution is -0.121. The van der Waals surface area contributed by atoms with Crippen molar-refractivity contribution in [3.63, 3.8) is 0 Å². The molecular formula is C12H16ClFN2O. The molecule has 1 rings (SSSR count). The summed E-state index contributed by atoms with van der Waals surface area (Å²) in [5.41, 5.74) is 5.76. The van der Waals surface area contributed by atoms with E-state index in [9.17, 15) is 9.18 Å². The Balaban J connectivity index is 2.53. The van der Waals surface area contributed by atoms with Crippen molar-refractivity contribution in [2.75, 3.05) is 6.54 Å². The van der Waals surface area contributed by atoms with E-state index in [1.807, 2.05) is 6.92 Å². The van der Waals surface area contributed by atoms with Crippen LogP contribution in [0, 0.1) is 5.82 Å². The number of carbonyl (C=O) groups excluding carboxylic acids is 1. The van der Waals surface area contributed by atoms with Gasteiger partial charge >= 0.3 is 0 Å². The lowest BCUT2D eigenvalue weighted by Crippen LogP contribution is -2.37. The molecule has 0 bridgehead atoms. The first kappa shape index (κ1) is 13.9. The molecule has 1 aromatic rings. The molecule has 0 fully saturated rings. The van der Waals surface area contributed by atoms with Crippen molar-refractivity contribution >= 4 is 17.5 Å². The van der Waals surface area contributed by atoms with Gasteiger partial charge in [0, 0.05) is 29.6 Å². The molecule has 0 saturated heterocycles. The Morgan fingerprint density at radius 3 is 2.88 bits per heavy atom. The van der Waals surface area contributed by atoms with Gasteiger partial charge in [-0.05, 0) is 25.5 Å². The highest BCUT2D eigenvalue weighted by molar-refractivity contribution is 6.31. The molecule has 0 spiro atoms. The van der Waals surface area contributed by atoms with Crippen LogP contribution in [-0.2, 0) is 11.2 Å². The monoisotopic (exact) mass is 258 g/mol. The van der Waals surface area contributed by atoms with Crippen molar-refractivity contribution in [3.8, 4) is 0 Å². The van der Waals surface area contributed by atoms with Gasteiger partial charge in [-0.1, -0.05) is 17.7 Å². The fraction of sp³-hybridized carbons (Fsp3) is 0.417. The highest BCUT2D eigenvalue weighted by Gasteiger charge is 2.10. The fourth-order valence-electron chi connectivity index (χ4n) is 1.42. The number of halogens is 2. The van der Waals surface area contributed by atoms with Crippen molar-refractivity contribution in [1.29, 1.82) is 0 Å². The van der Waals surface area contributed by atoms with Gasteiger partial charge in [-0.15, -0.1) is 0 Å². The highest BCUT2D eigenvalue weighted by Crippen LogP contribution is 2.20. The molecular weight excluding hydrogens is 243 g/mol. The normalized spacial score (nSPS) is 12.2. The van der Waals surface area contributed by atoms with Gasteiger partial charge in [0.2, 0.25) is 5.91 Å². The number of amides is 1. The van der Waals surface area contributed by atoms with Gasteiger partial charge in [-0.2, -0.15) is 0 Å². The number of hydrogen-bond donors (Lipinski definition) is 2. The summed E-state index contributed by atoms with van der Waals surface area (Å²) in [4.78, 5) is 11.5. The molecule has 1 atom stereocenters. The third-order valence-electron chi connectivity index (χ3n) is 2.42. The molecule has 0 radical (unpaired) electrons. The first-order chi connectivity index (χ1) is 8.04. The largest absolute Gasteiger partial charge is 0.352 e. The molecule has 0 aliphatic heterocycles. The molecule has 0 aliphatic rings. The Labute approximate surface area is 105 Å². The summed E-state index contributed by atoms with van der Waals surface area (Å²) in [6.45, 7) is 2.19. The van der Waals surface area contributed by atoms with Crippen LogP contribution < -0.4 is 11.1 Å². The predicted octanol–water partition coefficient (Wildman–Crippen LogP) is 1.88. The summed E-state index contributed by atoms with van der Waals surface area (Å²) in [7, 11) is 0. The minimum atomic E-state index is -0.378. The van der Waals surface area contributed by atoms with Crippen molar-refractivity contribution in [2.45, 2.75) is 25.8 Å². The maximum Gasteiger partial charge on any atom is 0.220 e. The minimum absolute atomic E-state index is 0.0707. The molecule has 3 N–H and O–H groups in total. The average molecular weight is 259 g/mol. The molecule has 0 aromatic heterocycles. The predicted molar refractivity (Wildman–Crippen MR) is 66.4 cm³/mol. The SMILES string of the molecule is CC(CN)NC(=O)CCc1c(F)cccc1Cl. The van der Waals surface area contributed by atoms with Crippen LogP contribution in [0.25, 0.3) is 0 Å². The van der Waals surface area contributed by atoms with Gasteiger partial charge in [-0.25, -0.2) is 4.39 Å². The van der Waals surface area contributed by atoms with Crippen LogP contribution in [0.15, 0.2) is 18.2 Å². The van der Waals surface area contributed by atoms with E-state index in [0.29, 0.717) is 17.1 Å². The van der Waals surface area contributed by atoms with E-state index >= 15 is 0 Å². The van der Waals surface area contributed by atoms with Crippen LogP contribution in [0.5, 0.6) is 0 Å². The summed E-state index contributed by atoms with van der Waals surface area (Å²) in [6.07, 6.45) is 0.486. The van der Waals surface area contributed by atoms with E-state index in [-0.39, 0.29) is 30.6 Å². The van der Waals surface area contributed by atoms with Crippen LogP contribution in [0.2, 0.25) is 5.02 Å². The zero-order valence-corrected chi connectivity index (χ0v) is 10.4. The summed E-state index contributed by atoms with van der Waals surface area (Å²) >= 11 is 5.85. The first-order valence-electron chi connectivity index (χ1n) is 5.47. The lowest BCUT2D eigenvalue weighted by Gasteiger charge is -2.11. The Morgan fingerprint density at radius 1 is 1.59 bits per heavy atom. The molecule has 94 valence electrons. The topological polar surface area (TPSA) is 55.1 Å². The third kappa shape index (κ3) is 4.32. The maximum atomic E-state index is 13.4. The molecule has 1 aromatic carbocycles. The van der Waals surface area contributed by atoms with Gasteiger partial charge in [-0.3, -0.25) is 4.79 Å². The second-order valence-electron chi connectivity index (χ2n) is 3.90. The van der Waals surface area contributed by atoms with E-state index in [2.05, 4.69) is 5.32 Å². The van der Waals surface area contributed by atoms with Crippen molar-refractivity contribution in [1.82, 2.24) is 5.32 Å². The molecule has 3 nitrogen and oxygen atoms in total. The zero-order valence-electron chi connectivity index (χ0n) is 9.67. The second kappa shape index (κ2) is 6.57. The number of carbonyl (C=O) groups is 1. The standard InChI is InChI=1S/C12H16ClFN2O/c1-8(7-15)16-12(17)6-5-9-10(13)3-2-4-11(9)14/h2-4,8H,5-7,15H2,1H3,(H,16,17). The van der Waals surface area contributed by atoms with Crippen LogP contribution in [-0.4, -0.2) is 18.5 Å². The molecule has 17 heavy (non-hydrogen) atoms. The van der Waals surface area contributed by atoms with Crippen LogP contribution >= 0.6 is 11.6 Å². The van der Waals surface area contributed by atoms with Crippen molar-refractivity contribution in [2.24, 2.45) is 5.73 Å². The molecule has 0 aliphatic carbocycles. The molecule has 0 saturated carbocycles. The van der Waals surface area contributed by atoms with Gasteiger partial charge < -0.3 is 11.1 Å². The van der Waals surface area contributed by atoms with Crippen LogP contribution in [0.1, 0.15) is 18.9 Å². The number of nitrogens with one attached hydrogen (secondary N) is 1. The van der Waals surface area contributed by atoms with E-state index in [1.165, 1.54) is 12.1 Å². The quantitative estimate of drug-likeness (QED) is 0.847. The Morgan fingerprint density at radius 2 is 2.29 bits per heavy atom. The molecule has 5 heteroatoms. The maximum absolute atomic E-state index is 13.4. The lowest BCUT2D eigenvalue weighted by atomic mass is 10.1. The van der Waals surface area contributed by atoms with Crippen molar-refractivity contribution in [3.05, 3.63) is 34.6 Å². The van der Waals surface area contributed by atoms with Crippen LogP contribution in [0.4, 0.5) is 4.39 Å². The molecule has 0 heterocycles. The van der Waals surface area contributed by atoms with E-state index in [4.69, 9.17) is 17.3 Å². The Kier molecular flexibility index (Phi) is 5.38. The smallest absolute Gasteiger partial charge is 0.220 e. The summed E-state index contributed by atoms with van der Waals surface area (Å²) in [6, 6.07) is 4.42. The fourth-order valence-corrected chi connectivity index (χ4v) is 1.67. The number of nitrogens with two attached hydrogens (primary N) is 1. The first-order valence-corrected chi connectivity index (χ1v) is 5.84. The molecule has 1 amide bonds. The summed E-state index contributed by atoms with van der Waals surface area (Å²) in [5.74, 6) is -0.528. The van der Waals surface area contributed by atoms with E-state index in [1.54, 1.807) is 6.07 Å². The highest BCUT2D eigenvalue weighted by atomic mass is 35.5.